The van der Waals surface area contributed by atoms with Crippen LogP contribution in [0.1, 0.15) is 16.1 Å². The van der Waals surface area contributed by atoms with Gasteiger partial charge in [-0.1, -0.05) is 18.2 Å². The minimum Gasteiger partial charge on any atom is -0.390 e. The van der Waals surface area contributed by atoms with E-state index >= 15 is 0 Å². The lowest BCUT2D eigenvalue weighted by atomic mass is 10.3. The number of aromatic nitrogens is 2. The highest BCUT2D eigenvalue weighted by Gasteiger charge is 2.19. The molecule has 1 heterocycles. The van der Waals surface area contributed by atoms with Gasteiger partial charge in [0.2, 0.25) is 0 Å². The fourth-order valence-corrected chi connectivity index (χ4v) is 2.19. The van der Waals surface area contributed by atoms with Crippen molar-refractivity contribution in [2.75, 3.05) is 5.88 Å². The van der Waals surface area contributed by atoms with Gasteiger partial charge < -0.3 is 5.11 Å². The minimum absolute atomic E-state index is 0.0526. The van der Waals surface area contributed by atoms with Crippen molar-refractivity contribution >= 4 is 17.9 Å². The molecule has 0 fully saturated rings. The molecule has 0 bridgehead atoms. The van der Waals surface area contributed by atoms with Gasteiger partial charge in [0.1, 0.15) is 5.56 Å². The zero-order valence-corrected chi connectivity index (χ0v) is 11.7. The second kappa shape index (κ2) is 6.07. The fraction of sp³-hybridized carbons (Fsp3) is 0.286. The third kappa shape index (κ3) is 2.55. The average molecular weight is 295 g/mol. The van der Waals surface area contributed by atoms with Gasteiger partial charge in [-0.25, -0.2) is 4.68 Å². The van der Waals surface area contributed by atoms with Crippen molar-refractivity contribution in [3.8, 4) is 5.69 Å². The van der Waals surface area contributed by atoms with Crippen LogP contribution in [0.2, 0.25) is 0 Å². The highest BCUT2D eigenvalue weighted by molar-refractivity contribution is 6.18. The van der Waals surface area contributed by atoms with Crippen molar-refractivity contribution < 1.29 is 9.90 Å². The Labute approximate surface area is 121 Å². The maximum absolute atomic E-state index is 12.3. The molecule has 0 aliphatic rings. The van der Waals surface area contributed by atoms with Gasteiger partial charge in [0.15, 0.2) is 6.29 Å². The molecule has 0 saturated carbocycles. The second-order valence-electron chi connectivity index (χ2n) is 4.46. The molecule has 5 nitrogen and oxygen atoms in total. The Kier molecular flexibility index (Phi) is 4.42. The van der Waals surface area contributed by atoms with E-state index in [0.29, 0.717) is 17.7 Å². The molecule has 0 saturated heterocycles. The molecule has 2 aromatic rings. The highest BCUT2D eigenvalue weighted by Crippen LogP contribution is 2.11. The number of aliphatic hydroxyl groups is 1. The molecule has 1 aromatic heterocycles. The standard InChI is InChI=1S/C14H15ClN2O3/c1-10-13(9-18)14(20)17(11-5-3-2-4-6-11)16(10)8-12(19)7-15/h2-6,9,12,19H,7-8H2,1H3. The van der Waals surface area contributed by atoms with Gasteiger partial charge in [0.05, 0.1) is 24.2 Å². The number of rotatable bonds is 5. The van der Waals surface area contributed by atoms with E-state index in [1.807, 2.05) is 6.07 Å². The molecular weight excluding hydrogens is 280 g/mol. The smallest absolute Gasteiger partial charge is 0.282 e. The molecule has 20 heavy (non-hydrogen) atoms. The number of carbonyl (C=O) groups excluding carboxylic acids is 1. The Bertz CT molecular complexity index is 661. The predicted molar refractivity (Wildman–Crippen MR) is 76.9 cm³/mol. The number of hydrogen-bond acceptors (Lipinski definition) is 3. The van der Waals surface area contributed by atoms with Gasteiger partial charge >= 0.3 is 0 Å². The molecule has 106 valence electrons. The minimum atomic E-state index is -0.795. The van der Waals surface area contributed by atoms with E-state index in [4.69, 9.17) is 11.6 Å². The first-order chi connectivity index (χ1) is 9.60. The molecule has 0 spiro atoms. The summed E-state index contributed by atoms with van der Waals surface area (Å²) in [6, 6.07) is 8.96. The van der Waals surface area contributed by atoms with Crippen LogP contribution < -0.4 is 5.56 Å². The Balaban J connectivity index is 2.65. The van der Waals surface area contributed by atoms with Crippen molar-refractivity contribution in [2.45, 2.75) is 19.6 Å². The number of nitrogens with zero attached hydrogens (tertiary/aromatic N) is 2. The topological polar surface area (TPSA) is 64.2 Å². The Morgan fingerprint density at radius 1 is 1.35 bits per heavy atom. The van der Waals surface area contributed by atoms with Crippen LogP contribution in [-0.2, 0) is 6.54 Å². The zero-order valence-electron chi connectivity index (χ0n) is 11.0. The summed E-state index contributed by atoms with van der Waals surface area (Å²) in [5, 5.41) is 9.72. The Hall–Kier alpha value is -1.85. The number of aliphatic hydroxyl groups excluding tert-OH is 1. The number of carbonyl (C=O) groups is 1. The fourth-order valence-electron chi connectivity index (χ4n) is 2.10. The van der Waals surface area contributed by atoms with Gasteiger partial charge in [-0.2, -0.15) is 0 Å². The van der Waals surface area contributed by atoms with Crippen LogP contribution in [0.3, 0.4) is 0 Å². The summed E-state index contributed by atoms with van der Waals surface area (Å²) in [6.45, 7) is 1.82. The van der Waals surface area contributed by atoms with Crippen LogP contribution in [0.25, 0.3) is 5.69 Å². The van der Waals surface area contributed by atoms with E-state index in [0.717, 1.165) is 0 Å². The summed E-state index contributed by atoms with van der Waals surface area (Å²) in [7, 11) is 0. The number of hydrogen-bond donors (Lipinski definition) is 1. The molecular formula is C14H15ClN2O3. The first-order valence-corrected chi connectivity index (χ1v) is 6.70. The van der Waals surface area contributed by atoms with Gasteiger partial charge in [0, 0.05) is 5.69 Å². The van der Waals surface area contributed by atoms with E-state index in [-0.39, 0.29) is 18.0 Å². The number of alkyl halides is 1. The number of halogens is 1. The normalized spacial score (nSPS) is 12.3. The van der Waals surface area contributed by atoms with Gasteiger partial charge in [-0.3, -0.25) is 14.3 Å². The van der Waals surface area contributed by atoms with Crippen LogP contribution in [0.5, 0.6) is 0 Å². The quantitative estimate of drug-likeness (QED) is 0.669. The summed E-state index contributed by atoms with van der Waals surface area (Å²) in [5.41, 5.74) is 0.842. The monoisotopic (exact) mass is 294 g/mol. The van der Waals surface area contributed by atoms with Crippen LogP contribution in [-0.4, -0.2) is 32.7 Å². The van der Waals surface area contributed by atoms with Crippen LogP contribution in [0, 0.1) is 6.92 Å². The molecule has 1 atom stereocenters. The van der Waals surface area contributed by atoms with E-state index in [1.54, 1.807) is 35.9 Å². The molecule has 0 aliphatic carbocycles. The summed E-state index contributed by atoms with van der Waals surface area (Å²) >= 11 is 5.61. The van der Waals surface area contributed by atoms with Crippen molar-refractivity contribution in [3.05, 3.63) is 51.9 Å². The number of aldehydes is 1. The highest BCUT2D eigenvalue weighted by atomic mass is 35.5. The molecule has 6 heteroatoms. The molecule has 2 rings (SSSR count). The summed E-state index contributed by atoms with van der Waals surface area (Å²) in [5.74, 6) is 0.0526. The summed E-state index contributed by atoms with van der Waals surface area (Å²) in [4.78, 5) is 23.4. The lowest BCUT2D eigenvalue weighted by Crippen LogP contribution is -2.27. The maximum atomic E-state index is 12.3. The first-order valence-electron chi connectivity index (χ1n) is 6.17. The third-order valence-corrected chi connectivity index (χ3v) is 3.48. The number of benzene rings is 1. The first kappa shape index (κ1) is 14.6. The van der Waals surface area contributed by atoms with Crippen molar-refractivity contribution in [1.29, 1.82) is 0 Å². The van der Waals surface area contributed by atoms with Crippen molar-refractivity contribution in [1.82, 2.24) is 9.36 Å². The van der Waals surface area contributed by atoms with Crippen molar-refractivity contribution in [2.24, 2.45) is 0 Å². The average Bonchev–Trinajstić information content (AvgIpc) is 2.70. The lowest BCUT2D eigenvalue weighted by Gasteiger charge is -2.16. The predicted octanol–water partition coefficient (Wildman–Crippen LogP) is 1.36. The van der Waals surface area contributed by atoms with E-state index in [9.17, 15) is 14.7 Å². The third-order valence-electron chi connectivity index (χ3n) is 3.12. The van der Waals surface area contributed by atoms with E-state index < -0.39 is 11.7 Å². The molecule has 0 radical (unpaired) electrons. The van der Waals surface area contributed by atoms with Crippen LogP contribution in [0.15, 0.2) is 35.1 Å². The summed E-state index contributed by atoms with van der Waals surface area (Å²) in [6.07, 6.45) is -0.252. The van der Waals surface area contributed by atoms with Gasteiger partial charge in [-0.15, -0.1) is 11.6 Å². The van der Waals surface area contributed by atoms with Crippen LogP contribution >= 0.6 is 11.6 Å². The Morgan fingerprint density at radius 2 is 2.00 bits per heavy atom. The molecule has 1 aromatic carbocycles. The molecule has 0 aliphatic heterocycles. The SMILES string of the molecule is Cc1c(C=O)c(=O)n(-c2ccccc2)n1CC(O)CCl. The maximum Gasteiger partial charge on any atom is 0.282 e. The second-order valence-corrected chi connectivity index (χ2v) is 4.77. The summed E-state index contributed by atoms with van der Waals surface area (Å²) < 4.78 is 2.96. The Morgan fingerprint density at radius 3 is 2.55 bits per heavy atom. The molecule has 1 unspecified atom stereocenters. The van der Waals surface area contributed by atoms with Crippen LogP contribution in [0.4, 0.5) is 0 Å². The lowest BCUT2D eigenvalue weighted by molar-refractivity contribution is 0.112. The molecule has 0 amide bonds. The largest absolute Gasteiger partial charge is 0.390 e. The van der Waals surface area contributed by atoms with Gasteiger partial charge in [0.25, 0.3) is 5.56 Å². The number of para-hydroxylation sites is 1. The zero-order chi connectivity index (χ0) is 14.7. The van der Waals surface area contributed by atoms with E-state index in [1.165, 1.54) is 4.68 Å². The molecule has 1 N–H and O–H groups in total. The van der Waals surface area contributed by atoms with Crippen molar-refractivity contribution in [3.63, 3.8) is 0 Å². The van der Waals surface area contributed by atoms with Gasteiger partial charge in [-0.05, 0) is 19.1 Å². The van der Waals surface area contributed by atoms with E-state index in [2.05, 4.69) is 0 Å².